The molecule has 3 aromatic carbocycles. The van der Waals surface area contributed by atoms with Crippen LogP contribution in [0.3, 0.4) is 0 Å². The summed E-state index contributed by atoms with van der Waals surface area (Å²) in [6, 6.07) is 16.8. The van der Waals surface area contributed by atoms with Gasteiger partial charge in [0.25, 0.3) is 17.7 Å². The van der Waals surface area contributed by atoms with E-state index in [4.69, 9.17) is 46.4 Å². The van der Waals surface area contributed by atoms with Gasteiger partial charge in [-0.2, -0.15) is 0 Å². The molecule has 2 aliphatic heterocycles. The molecule has 11 heteroatoms. The Morgan fingerprint density at radius 2 is 1.34 bits per heavy atom. The zero-order valence-electron chi connectivity index (χ0n) is 19.7. The van der Waals surface area contributed by atoms with Crippen molar-refractivity contribution in [3.63, 3.8) is 0 Å². The average molecular weight is 590 g/mol. The highest BCUT2D eigenvalue weighted by Crippen LogP contribution is 2.38. The molecule has 0 aliphatic carbocycles. The second-order valence-corrected chi connectivity index (χ2v) is 10.3. The number of hydrogen-bond donors (Lipinski definition) is 2. The standard InChI is InChI=1S/C27H20Cl4N4O3/c28-19-13-21(30)22(14-20(19)29)35-26(37)23(31)24(27(35)38)32-16-5-3-15(4-6-16)25(36)33-17-7-9-18(10-8-17)34-11-1-2-12-34/h3-10,13-14,32H,1-2,11-12H2,(H,33,36). The lowest BCUT2D eigenvalue weighted by atomic mass is 10.1. The molecule has 0 radical (unpaired) electrons. The van der Waals surface area contributed by atoms with Crippen molar-refractivity contribution in [1.82, 2.24) is 0 Å². The maximum Gasteiger partial charge on any atom is 0.283 e. The van der Waals surface area contributed by atoms with E-state index >= 15 is 0 Å². The van der Waals surface area contributed by atoms with Gasteiger partial charge in [0.15, 0.2) is 0 Å². The number of rotatable bonds is 6. The molecule has 1 saturated heterocycles. The number of carbonyl (C=O) groups excluding carboxylic acids is 3. The summed E-state index contributed by atoms with van der Waals surface area (Å²) in [4.78, 5) is 41.7. The monoisotopic (exact) mass is 588 g/mol. The molecule has 1 fully saturated rings. The fourth-order valence-corrected chi connectivity index (χ4v) is 5.14. The normalized spacial score (nSPS) is 15.5. The third-order valence-corrected chi connectivity index (χ3v) is 7.65. The van der Waals surface area contributed by atoms with Crippen LogP contribution in [0.15, 0.2) is 71.4 Å². The number of anilines is 4. The van der Waals surface area contributed by atoms with Gasteiger partial charge >= 0.3 is 0 Å². The van der Waals surface area contributed by atoms with Crippen LogP contribution < -0.4 is 20.4 Å². The summed E-state index contributed by atoms with van der Waals surface area (Å²) in [5.74, 6) is -1.75. The van der Waals surface area contributed by atoms with Crippen molar-refractivity contribution < 1.29 is 14.4 Å². The Morgan fingerprint density at radius 3 is 2.00 bits per heavy atom. The third-order valence-electron chi connectivity index (χ3n) is 6.27. The summed E-state index contributed by atoms with van der Waals surface area (Å²) in [6.45, 7) is 2.10. The zero-order chi connectivity index (χ0) is 27.0. The molecular weight excluding hydrogens is 570 g/mol. The smallest absolute Gasteiger partial charge is 0.283 e. The molecular formula is C27H20Cl4N4O3. The van der Waals surface area contributed by atoms with Gasteiger partial charge in [0.1, 0.15) is 10.7 Å². The summed E-state index contributed by atoms with van der Waals surface area (Å²) >= 11 is 24.4. The lowest BCUT2D eigenvalue weighted by molar-refractivity contribution is -0.120. The molecule has 3 amide bonds. The quantitative estimate of drug-likeness (QED) is 0.240. The number of nitrogens with one attached hydrogen (secondary N) is 2. The minimum atomic E-state index is -0.758. The topological polar surface area (TPSA) is 81.8 Å². The van der Waals surface area contributed by atoms with E-state index in [2.05, 4.69) is 15.5 Å². The first-order valence-corrected chi connectivity index (χ1v) is 13.2. The lowest BCUT2D eigenvalue weighted by Gasteiger charge is -2.18. The van der Waals surface area contributed by atoms with Crippen LogP contribution in [0, 0.1) is 0 Å². The van der Waals surface area contributed by atoms with E-state index in [1.807, 2.05) is 24.3 Å². The Labute approximate surface area is 238 Å². The molecule has 0 unspecified atom stereocenters. The van der Waals surface area contributed by atoms with Gasteiger partial charge in [0.2, 0.25) is 0 Å². The average Bonchev–Trinajstić information content (AvgIpc) is 3.51. The molecule has 7 nitrogen and oxygen atoms in total. The second kappa shape index (κ2) is 10.9. The maximum atomic E-state index is 13.1. The summed E-state index contributed by atoms with van der Waals surface area (Å²) in [5, 5.41) is 5.80. The number of amides is 3. The Kier molecular flexibility index (Phi) is 7.54. The molecule has 194 valence electrons. The SMILES string of the molecule is O=C(Nc1ccc(N2CCCC2)cc1)c1ccc(NC2=C(Cl)C(=O)N(c3cc(Cl)c(Cl)cc3Cl)C2=O)cc1. The fourth-order valence-electron chi connectivity index (χ4n) is 4.30. The summed E-state index contributed by atoms with van der Waals surface area (Å²) in [6.07, 6.45) is 2.39. The van der Waals surface area contributed by atoms with Gasteiger partial charge in [-0.05, 0) is 73.5 Å². The zero-order valence-corrected chi connectivity index (χ0v) is 22.8. The molecule has 2 aliphatic rings. The van der Waals surface area contributed by atoms with E-state index < -0.39 is 11.8 Å². The molecule has 3 aromatic rings. The molecule has 0 spiro atoms. The van der Waals surface area contributed by atoms with E-state index in [0.29, 0.717) is 16.9 Å². The van der Waals surface area contributed by atoms with Crippen LogP contribution in [0.5, 0.6) is 0 Å². The first-order chi connectivity index (χ1) is 18.2. The number of halogens is 4. The van der Waals surface area contributed by atoms with Gasteiger partial charge in [-0.3, -0.25) is 14.4 Å². The highest BCUT2D eigenvalue weighted by atomic mass is 35.5. The lowest BCUT2D eigenvalue weighted by Crippen LogP contribution is -2.32. The largest absolute Gasteiger partial charge is 0.372 e. The van der Waals surface area contributed by atoms with E-state index in [9.17, 15) is 14.4 Å². The van der Waals surface area contributed by atoms with Crippen LogP contribution in [0.4, 0.5) is 22.7 Å². The van der Waals surface area contributed by atoms with Crippen molar-refractivity contribution >= 4 is 86.9 Å². The van der Waals surface area contributed by atoms with Gasteiger partial charge in [-0.25, -0.2) is 4.90 Å². The fraction of sp³-hybridized carbons (Fsp3) is 0.148. The molecule has 5 rings (SSSR count). The van der Waals surface area contributed by atoms with Crippen molar-refractivity contribution in [2.75, 3.05) is 33.5 Å². The Hall–Kier alpha value is -3.23. The van der Waals surface area contributed by atoms with Gasteiger partial charge in [-0.15, -0.1) is 0 Å². The van der Waals surface area contributed by atoms with Crippen molar-refractivity contribution in [3.05, 3.63) is 92.0 Å². The second-order valence-electron chi connectivity index (χ2n) is 8.75. The van der Waals surface area contributed by atoms with Crippen LogP contribution >= 0.6 is 46.4 Å². The number of benzene rings is 3. The van der Waals surface area contributed by atoms with Crippen molar-refractivity contribution in [2.45, 2.75) is 12.8 Å². The molecule has 2 heterocycles. The van der Waals surface area contributed by atoms with Gasteiger partial charge in [0.05, 0.1) is 20.8 Å². The van der Waals surface area contributed by atoms with E-state index in [0.717, 1.165) is 23.7 Å². The Bertz CT molecular complexity index is 1470. The van der Waals surface area contributed by atoms with Crippen LogP contribution in [0.25, 0.3) is 0 Å². The van der Waals surface area contributed by atoms with Crippen LogP contribution in [0.2, 0.25) is 15.1 Å². The number of imide groups is 1. The van der Waals surface area contributed by atoms with Crippen LogP contribution in [-0.4, -0.2) is 30.8 Å². The van der Waals surface area contributed by atoms with E-state index in [1.54, 1.807) is 24.3 Å². The Morgan fingerprint density at radius 1 is 0.737 bits per heavy atom. The molecule has 2 N–H and O–H groups in total. The van der Waals surface area contributed by atoms with Gasteiger partial charge < -0.3 is 15.5 Å². The predicted octanol–water partition coefficient (Wildman–Crippen LogP) is 6.94. The minimum absolute atomic E-state index is 0.0616. The van der Waals surface area contributed by atoms with E-state index in [1.165, 1.54) is 25.0 Å². The van der Waals surface area contributed by atoms with Crippen LogP contribution in [0.1, 0.15) is 23.2 Å². The highest BCUT2D eigenvalue weighted by Gasteiger charge is 2.40. The summed E-state index contributed by atoms with van der Waals surface area (Å²) in [7, 11) is 0. The van der Waals surface area contributed by atoms with Gasteiger partial charge in [-0.1, -0.05) is 46.4 Å². The van der Waals surface area contributed by atoms with Gasteiger partial charge in [0, 0.05) is 35.7 Å². The van der Waals surface area contributed by atoms with E-state index in [-0.39, 0.29) is 37.4 Å². The molecule has 0 saturated carbocycles. The first-order valence-electron chi connectivity index (χ1n) is 11.7. The molecule has 0 bridgehead atoms. The minimum Gasteiger partial charge on any atom is -0.372 e. The maximum absolute atomic E-state index is 13.1. The van der Waals surface area contributed by atoms with Crippen LogP contribution in [-0.2, 0) is 9.59 Å². The summed E-state index contributed by atoms with van der Waals surface area (Å²) in [5.41, 5.74) is 2.63. The Balaban J connectivity index is 1.26. The van der Waals surface area contributed by atoms with Crippen molar-refractivity contribution in [3.8, 4) is 0 Å². The predicted molar refractivity (Wildman–Crippen MR) is 153 cm³/mol. The van der Waals surface area contributed by atoms with Crippen molar-refractivity contribution in [1.29, 1.82) is 0 Å². The number of carbonyl (C=O) groups is 3. The van der Waals surface area contributed by atoms with Crippen molar-refractivity contribution in [2.24, 2.45) is 0 Å². The molecule has 0 aromatic heterocycles. The molecule has 38 heavy (non-hydrogen) atoms. The summed E-state index contributed by atoms with van der Waals surface area (Å²) < 4.78 is 0. The third kappa shape index (κ3) is 5.20. The number of nitrogens with zero attached hydrogens (tertiary/aromatic N) is 2. The first kappa shape index (κ1) is 26.4. The molecule has 0 atom stereocenters. The highest BCUT2D eigenvalue weighted by molar-refractivity contribution is 6.54. The number of hydrogen-bond acceptors (Lipinski definition) is 5.